The number of urea groups is 1. The minimum absolute atomic E-state index is 0.00727. The Labute approximate surface area is 189 Å². The molecule has 0 radical (unpaired) electrons. The predicted molar refractivity (Wildman–Crippen MR) is 111 cm³/mol. The van der Waals surface area contributed by atoms with Crippen molar-refractivity contribution < 1.29 is 36.3 Å². The first-order valence-electron chi connectivity index (χ1n) is 10.2. The lowest BCUT2D eigenvalue weighted by Crippen LogP contribution is -2.57. The van der Waals surface area contributed by atoms with E-state index in [0.29, 0.717) is 26.1 Å². The highest BCUT2D eigenvalue weighted by Gasteiger charge is 2.46. The molecule has 1 heterocycles. The van der Waals surface area contributed by atoms with Gasteiger partial charge in [0.15, 0.2) is 9.84 Å². The fraction of sp³-hybridized carbons (Fsp3) is 0.550. The summed E-state index contributed by atoms with van der Waals surface area (Å²) in [7, 11) is -4.08. The number of alkyl halides is 2. The molecule has 1 saturated heterocycles. The Morgan fingerprint density at radius 3 is 2.52 bits per heavy atom. The van der Waals surface area contributed by atoms with Crippen LogP contribution in [0.15, 0.2) is 24.3 Å². The third-order valence-corrected chi connectivity index (χ3v) is 6.82. The van der Waals surface area contributed by atoms with Gasteiger partial charge >= 0.3 is 12.6 Å². The van der Waals surface area contributed by atoms with E-state index < -0.39 is 51.5 Å². The van der Waals surface area contributed by atoms with E-state index in [1.165, 1.54) is 29.2 Å². The van der Waals surface area contributed by atoms with Crippen LogP contribution in [0.4, 0.5) is 13.6 Å². The summed E-state index contributed by atoms with van der Waals surface area (Å²) >= 11 is 0. The monoisotopic (exact) mass is 486 g/mol. The van der Waals surface area contributed by atoms with Crippen LogP contribution in [0.5, 0.6) is 5.75 Å². The number of sulfone groups is 1. The summed E-state index contributed by atoms with van der Waals surface area (Å²) in [6.07, 6.45) is 0.842. The summed E-state index contributed by atoms with van der Waals surface area (Å²) in [6.45, 7) is -1.98. The van der Waals surface area contributed by atoms with Crippen molar-refractivity contribution in [1.29, 1.82) is 5.26 Å². The predicted octanol–water partition coefficient (Wildman–Crippen LogP) is 0.786. The number of hydrogen-bond donors (Lipinski definition) is 2. The Hall–Kier alpha value is -2.98. The van der Waals surface area contributed by atoms with Crippen LogP contribution in [0, 0.1) is 11.3 Å². The molecule has 3 amide bonds. The molecule has 2 fully saturated rings. The lowest BCUT2D eigenvalue weighted by molar-refractivity contribution is -0.123. The summed E-state index contributed by atoms with van der Waals surface area (Å²) in [5.74, 6) is -2.58. The highest BCUT2D eigenvalue weighted by atomic mass is 32.2. The van der Waals surface area contributed by atoms with E-state index in [4.69, 9.17) is 4.74 Å². The van der Waals surface area contributed by atoms with Crippen molar-refractivity contribution in [1.82, 2.24) is 15.5 Å². The summed E-state index contributed by atoms with van der Waals surface area (Å²) in [4.78, 5) is 26.8. The summed E-state index contributed by atoms with van der Waals surface area (Å²) in [5, 5.41) is 14.2. The molecule has 2 N–H and O–H groups in total. The average molecular weight is 486 g/mol. The first-order valence-corrected chi connectivity index (χ1v) is 12.0. The van der Waals surface area contributed by atoms with Crippen LogP contribution < -0.4 is 15.4 Å². The minimum atomic E-state index is -4.08. The molecule has 1 aromatic rings. The van der Waals surface area contributed by atoms with Gasteiger partial charge in [-0.1, -0.05) is 18.2 Å². The Morgan fingerprint density at radius 1 is 1.24 bits per heavy atom. The molecule has 2 aliphatic rings. The molecule has 13 heteroatoms. The van der Waals surface area contributed by atoms with Gasteiger partial charge in [0.25, 0.3) is 0 Å². The van der Waals surface area contributed by atoms with Gasteiger partial charge in [-0.15, -0.1) is 0 Å². The molecular formula is C20H24F2N4O6S. The summed E-state index contributed by atoms with van der Waals surface area (Å²) < 4.78 is 60.6. The molecule has 0 unspecified atom stereocenters. The molecule has 0 bridgehead atoms. The quantitative estimate of drug-likeness (QED) is 0.526. The van der Waals surface area contributed by atoms with Crippen molar-refractivity contribution in [2.45, 2.75) is 36.8 Å². The topological polar surface area (TPSA) is 138 Å². The number of ether oxygens (including phenoxy) is 2. The molecule has 1 aliphatic carbocycles. The Balaban J connectivity index is 1.76. The van der Waals surface area contributed by atoms with Crippen molar-refractivity contribution >= 4 is 21.8 Å². The van der Waals surface area contributed by atoms with Crippen LogP contribution in [0.3, 0.4) is 0 Å². The van der Waals surface area contributed by atoms with E-state index in [0.717, 1.165) is 0 Å². The van der Waals surface area contributed by atoms with E-state index in [9.17, 15) is 32.0 Å². The molecule has 1 aliphatic heterocycles. The third kappa shape index (κ3) is 7.00. The van der Waals surface area contributed by atoms with E-state index >= 15 is 0 Å². The lowest BCUT2D eigenvalue weighted by Gasteiger charge is -2.29. The Bertz CT molecular complexity index is 1020. The number of nitrogens with one attached hydrogen (secondary N) is 2. The lowest BCUT2D eigenvalue weighted by atomic mass is 10.2. The zero-order valence-corrected chi connectivity index (χ0v) is 18.4. The molecule has 1 aromatic carbocycles. The van der Waals surface area contributed by atoms with Crippen LogP contribution in [-0.4, -0.2) is 75.5 Å². The second-order valence-corrected chi connectivity index (χ2v) is 9.93. The maximum atomic E-state index is 12.9. The normalized spacial score (nSPS) is 18.2. The number of morpholine rings is 1. The maximum Gasteiger partial charge on any atom is 0.387 e. The van der Waals surface area contributed by atoms with E-state index in [1.807, 2.05) is 6.07 Å². The van der Waals surface area contributed by atoms with E-state index in [1.54, 1.807) is 0 Å². The van der Waals surface area contributed by atoms with Gasteiger partial charge in [0.1, 0.15) is 17.3 Å². The molecule has 10 nitrogen and oxygen atoms in total. The number of amides is 3. The number of carbonyl (C=O) groups excluding carboxylic acids is 2. The second kappa shape index (κ2) is 10.3. The van der Waals surface area contributed by atoms with Crippen molar-refractivity contribution in [2.75, 3.05) is 32.1 Å². The van der Waals surface area contributed by atoms with Gasteiger partial charge in [-0.25, -0.2) is 13.2 Å². The van der Waals surface area contributed by atoms with Crippen LogP contribution in [-0.2, 0) is 25.1 Å². The maximum absolute atomic E-state index is 12.9. The number of nitrogens with zero attached hydrogens (tertiary/aromatic N) is 2. The molecule has 3 rings (SSSR count). The fourth-order valence-corrected chi connectivity index (χ4v) is 4.86. The van der Waals surface area contributed by atoms with Gasteiger partial charge in [0.05, 0.1) is 30.8 Å². The van der Waals surface area contributed by atoms with E-state index in [-0.39, 0.29) is 24.4 Å². The average Bonchev–Trinajstić information content (AvgIpc) is 3.54. The highest BCUT2D eigenvalue weighted by molar-refractivity contribution is 7.90. The first kappa shape index (κ1) is 24.7. The van der Waals surface area contributed by atoms with Gasteiger partial charge in [0, 0.05) is 18.7 Å². The minimum Gasteiger partial charge on any atom is -0.435 e. The molecule has 0 aromatic heterocycles. The SMILES string of the molecule is N#CC1(NC(=O)[C@H](CS(=O)(=O)Cc2ccccc2OC(F)F)NC(=O)N2CCOCC2)CC1. The molecular weight excluding hydrogens is 462 g/mol. The molecule has 0 spiro atoms. The third-order valence-electron chi connectivity index (χ3n) is 5.22. The second-order valence-electron chi connectivity index (χ2n) is 7.83. The van der Waals surface area contributed by atoms with Crippen LogP contribution in [0.25, 0.3) is 0 Å². The van der Waals surface area contributed by atoms with Crippen molar-refractivity contribution in [3.63, 3.8) is 0 Å². The van der Waals surface area contributed by atoms with E-state index in [2.05, 4.69) is 15.4 Å². The number of rotatable bonds is 9. The first-order chi connectivity index (χ1) is 15.6. The highest BCUT2D eigenvalue weighted by Crippen LogP contribution is 2.34. The summed E-state index contributed by atoms with van der Waals surface area (Å²) in [5.41, 5.74) is -1.08. The number of halogens is 2. The standard InChI is InChI=1S/C20H24F2N4O6S/c21-18(22)32-16-4-2-1-3-14(16)11-33(29,30)12-15(17(27)25-20(13-23)5-6-20)24-19(28)26-7-9-31-10-8-26/h1-4,15,18H,5-12H2,(H,24,28)(H,25,27)/t15-/m0/s1. The molecule has 180 valence electrons. The van der Waals surface area contributed by atoms with Gasteiger partial charge in [-0.2, -0.15) is 14.0 Å². The van der Waals surface area contributed by atoms with Crippen molar-refractivity contribution in [3.8, 4) is 11.8 Å². The number of benzene rings is 1. The largest absolute Gasteiger partial charge is 0.435 e. The Kier molecular flexibility index (Phi) is 7.70. The molecule has 1 atom stereocenters. The van der Waals surface area contributed by atoms with Crippen LogP contribution in [0.1, 0.15) is 18.4 Å². The van der Waals surface area contributed by atoms with Gasteiger partial charge in [0.2, 0.25) is 5.91 Å². The number of para-hydroxylation sites is 1. The van der Waals surface area contributed by atoms with Crippen LogP contribution in [0.2, 0.25) is 0 Å². The van der Waals surface area contributed by atoms with Gasteiger partial charge < -0.3 is 25.0 Å². The fourth-order valence-electron chi connectivity index (χ4n) is 3.29. The number of hydrogen-bond acceptors (Lipinski definition) is 7. The van der Waals surface area contributed by atoms with Gasteiger partial charge in [-0.3, -0.25) is 4.79 Å². The van der Waals surface area contributed by atoms with Gasteiger partial charge in [-0.05, 0) is 18.9 Å². The smallest absolute Gasteiger partial charge is 0.387 e. The zero-order valence-electron chi connectivity index (χ0n) is 17.6. The number of nitriles is 1. The Morgan fingerprint density at radius 2 is 1.91 bits per heavy atom. The van der Waals surface area contributed by atoms with Crippen molar-refractivity contribution in [2.24, 2.45) is 0 Å². The van der Waals surface area contributed by atoms with Crippen molar-refractivity contribution in [3.05, 3.63) is 29.8 Å². The zero-order chi connectivity index (χ0) is 24.1. The summed E-state index contributed by atoms with van der Waals surface area (Å²) in [6, 6.07) is 5.27. The number of carbonyl (C=O) groups is 2. The van der Waals surface area contributed by atoms with Crippen LogP contribution >= 0.6 is 0 Å². The molecule has 33 heavy (non-hydrogen) atoms. The molecule has 1 saturated carbocycles.